The van der Waals surface area contributed by atoms with Crippen molar-refractivity contribution in [2.24, 2.45) is 5.92 Å². The van der Waals surface area contributed by atoms with Crippen molar-refractivity contribution < 1.29 is 19.3 Å². The van der Waals surface area contributed by atoms with Crippen molar-refractivity contribution in [2.75, 3.05) is 25.0 Å². The van der Waals surface area contributed by atoms with Gasteiger partial charge >= 0.3 is 11.8 Å². The minimum Gasteiger partial charge on any atom is -0.348 e. The highest BCUT2D eigenvalue weighted by Gasteiger charge is 2.25. The lowest BCUT2D eigenvalue weighted by Gasteiger charge is -2.32. The number of anilines is 1. The second kappa shape index (κ2) is 9.79. The molecule has 1 aromatic carbocycles. The molecule has 0 radical (unpaired) electrons. The van der Waals surface area contributed by atoms with Gasteiger partial charge in [0.05, 0.1) is 16.2 Å². The third kappa shape index (κ3) is 5.62. The van der Waals surface area contributed by atoms with Gasteiger partial charge < -0.3 is 15.5 Å². The van der Waals surface area contributed by atoms with Gasteiger partial charge in [-0.1, -0.05) is 6.07 Å². The molecule has 2 heterocycles. The van der Waals surface area contributed by atoms with Gasteiger partial charge in [-0.25, -0.2) is 0 Å². The number of benzene rings is 1. The summed E-state index contributed by atoms with van der Waals surface area (Å²) in [5, 5.41) is 15.9. The molecule has 1 saturated heterocycles. The van der Waals surface area contributed by atoms with Crippen molar-refractivity contribution in [2.45, 2.75) is 19.8 Å². The molecule has 2 N–H and O–H groups in total. The monoisotopic (exact) mass is 425 g/mol. The number of pyridine rings is 1. The summed E-state index contributed by atoms with van der Waals surface area (Å²) in [6, 6.07) is 7.50. The molecule has 0 spiro atoms. The number of hydrogen-bond donors (Lipinski definition) is 2. The Bertz CT molecular complexity index is 987. The predicted octanol–water partition coefficient (Wildman–Crippen LogP) is 1.91. The number of carbonyl (C=O) groups excluding carboxylic acids is 3. The van der Waals surface area contributed by atoms with Crippen LogP contribution >= 0.6 is 0 Å². The number of nitrogens with zero attached hydrogens (tertiary/aromatic N) is 3. The van der Waals surface area contributed by atoms with Crippen LogP contribution in [0.3, 0.4) is 0 Å². The molecular formula is C21H23N5O5. The zero-order valence-electron chi connectivity index (χ0n) is 17.0. The van der Waals surface area contributed by atoms with Crippen LogP contribution < -0.4 is 10.6 Å². The standard InChI is InChI=1S/C21H23N5O5/c1-14-4-5-17(26(30)31)11-18(14)24-20(28)19(27)23-12-15-6-9-25(10-7-15)21(29)16-3-2-8-22-13-16/h2-5,8,11,13,15H,6-7,9-10,12H2,1H3,(H,23,27)(H,24,28). The van der Waals surface area contributed by atoms with Gasteiger partial charge in [-0.2, -0.15) is 0 Å². The molecule has 3 rings (SSSR count). The zero-order chi connectivity index (χ0) is 22.4. The lowest BCUT2D eigenvalue weighted by molar-refractivity contribution is -0.384. The van der Waals surface area contributed by atoms with Gasteiger partial charge in [0.1, 0.15) is 0 Å². The topological polar surface area (TPSA) is 135 Å². The van der Waals surface area contributed by atoms with E-state index < -0.39 is 16.7 Å². The molecule has 0 atom stereocenters. The SMILES string of the molecule is Cc1ccc([N+](=O)[O-])cc1NC(=O)C(=O)NCC1CCN(C(=O)c2cccnc2)CC1. The van der Waals surface area contributed by atoms with E-state index >= 15 is 0 Å². The van der Waals surface area contributed by atoms with Gasteiger partial charge in [-0.05, 0) is 43.4 Å². The molecule has 1 aromatic heterocycles. The number of nitro benzene ring substituents is 1. The molecule has 1 aliphatic rings. The van der Waals surface area contributed by atoms with Gasteiger partial charge in [-0.3, -0.25) is 29.5 Å². The number of amides is 3. The van der Waals surface area contributed by atoms with Crippen molar-refractivity contribution >= 4 is 29.1 Å². The van der Waals surface area contributed by atoms with E-state index in [-0.39, 0.29) is 23.2 Å². The smallest absolute Gasteiger partial charge is 0.313 e. The molecular weight excluding hydrogens is 402 g/mol. The molecule has 1 aliphatic heterocycles. The Kier molecular flexibility index (Phi) is 6.91. The minimum absolute atomic E-state index is 0.0673. The van der Waals surface area contributed by atoms with Crippen LogP contribution in [0.5, 0.6) is 0 Å². The van der Waals surface area contributed by atoms with Crippen molar-refractivity contribution in [3.63, 3.8) is 0 Å². The summed E-state index contributed by atoms with van der Waals surface area (Å²) >= 11 is 0. The summed E-state index contributed by atoms with van der Waals surface area (Å²) in [4.78, 5) is 52.8. The fourth-order valence-electron chi connectivity index (χ4n) is 3.37. The van der Waals surface area contributed by atoms with E-state index in [2.05, 4.69) is 15.6 Å². The van der Waals surface area contributed by atoms with Crippen molar-refractivity contribution in [3.8, 4) is 0 Å². The van der Waals surface area contributed by atoms with E-state index in [1.54, 1.807) is 30.2 Å². The molecule has 31 heavy (non-hydrogen) atoms. The Morgan fingerprint density at radius 2 is 1.94 bits per heavy atom. The lowest BCUT2D eigenvalue weighted by Crippen LogP contribution is -2.43. The zero-order valence-corrected chi connectivity index (χ0v) is 17.0. The highest BCUT2D eigenvalue weighted by molar-refractivity contribution is 6.39. The van der Waals surface area contributed by atoms with Crippen LogP contribution in [0, 0.1) is 23.0 Å². The molecule has 0 bridgehead atoms. The van der Waals surface area contributed by atoms with Crippen LogP contribution in [0.1, 0.15) is 28.8 Å². The number of rotatable bonds is 5. The first-order valence-corrected chi connectivity index (χ1v) is 9.88. The number of aryl methyl sites for hydroxylation is 1. The summed E-state index contributed by atoms with van der Waals surface area (Å²) in [6.07, 6.45) is 4.56. The van der Waals surface area contributed by atoms with Gasteiger partial charge in [0.2, 0.25) is 0 Å². The maximum absolute atomic E-state index is 12.5. The fraction of sp³-hybridized carbons (Fsp3) is 0.333. The second-order valence-corrected chi connectivity index (χ2v) is 7.40. The molecule has 0 unspecified atom stereocenters. The maximum Gasteiger partial charge on any atom is 0.313 e. The predicted molar refractivity (Wildman–Crippen MR) is 112 cm³/mol. The number of carbonyl (C=O) groups is 3. The molecule has 0 aliphatic carbocycles. The number of aromatic nitrogens is 1. The van der Waals surface area contributed by atoms with Crippen molar-refractivity contribution in [1.29, 1.82) is 0 Å². The first kappa shape index (κ1) is 21.9. The third-order valence-electron chi connectivity index (χ3n) is 5.25. The van der Waals surface area contributed by atoms with E-state index in [1.807, 2.05) is 0 Å². The van der Waals surface area contributed by atoms with E-state index in [4.69, 9.17) is 0 Å². The van der Waals surface area contributed by atoms with Gasteiger partial charge in [0.15, 0.2) is 0 Å². The van der Waals surface area contributed by atoms with E-state index in [0.717, 1.165) is 0 Å². The van der Waals surface area contributed by atoms with E-state index in [1.165, 1.54) is 24.4 Å². The Balaban J connectivity index is 1.46. The lowest BCUT2D eigenvalue weighted by atomic mass is 9.96. The Labute approximate surface area is 178 Å². The van der Waals surface area contributed by atoms with E-state index in [0.29, 0.717) is 43.6 Å². The number of hydrogen-bond acceptors (Lipinski definition) is 6. The number of piperidine rings is 1. The average molecular weight is 425 g/mol. The molecule has 10 nitrogen and oxygen atoms in total. The summed E-state index contributed by atoms with van der Waals surface area (Å²) < 4.78 is 0. The summed E-state index contributed by atoms with van der Waals surface area (Å²) in [6.45, 7) is 3.12. The number of non-ortho nitro benzene ring substituents is 1. The summed E-state index contributed by atoms with van der Waals surface area (Å²) in [7, 11) is 0. The Morgan fingerprint density at radius 3 is 2.58 bits per heavy atom. The number of nitrogens with one attached hydrogen (secondary N) is 2. The summed E-state index contributed by atoms with van der Waals surface area (Å²) in [5.74, 6) is -1.61. The van der Waals surface area contributed by atoms with Crippen LogP contribution in [0.4, 0.5) is 11.4 Å². The average Bonchev–Trinajstić information content (AvgIpc) is 2.79. The van der Waals surface area contributed by atoms with E-state index in [9.17, 15) is 24.5 Å². The minimum atomic E-state index is -0.882. The Morgan fingerprint density at radius 1 is 1.19 bits per heavy atom. The first-order chi connectivity index (χ1) is 14.8. The first-order valence-electron chi connectivity index (χ1n) is 9.88. The second-order valence-electron chi connectivity index (χ2n) is 7.40. The third-order valence-corrected chi connectivity index (χ3v) is 5.25. The van der Waals surface area contributed by atoms with Gasteiger partial charge in [-0.15, -0.1) is 0 Å². The highest BCUT2D eigenvalue weighted by atomic mass is 16.6. The van der Waals surface area contributed by atoms with Crippen LogP contribution in [-0.4, -0.2) is 52.2 Å². The van der Waals surface area contributed by atoms with Crippen LogP contribution in [0.25, 0.3) is 0 Å². The van der Waals surface area contributed by atoms with Crippen molar-refractivity contribution in [3.05, 3.63) is 64.0 Å². The Hall–Kier alpha value is -3.82. The van der Waals surface area contributed by atoms with Crippen molar-refractivity contribution in [1.82, 2.24) is 15.2 Å². The van der Waals surface area contributed by atoms with Gasteiger partial charge in [0, 0.05) is 44.2 Å². The quantitative estimate of drug-likeness (QED) is 0.427. The largest absolute Gasteiger partial charge is 0.348 e. The number of likely N-dealkylation sites (tertiary alicyclic amines) is 1. The highest BCUT2D eigenvalue weighted by Crippen LogP contribution is 2.22. The summed E-state index contributed by atoms with van der Waals surface area (Å²) in [5.41, 5.74) is 1.20. The van der Waals surface area contributed by atoms with Gasteiger partial charge in [0.25, 0.3) is 11.6 Å². The fourth-order valence-corrected chi connectivity index (χ4v) is 3.37. The maximum atomic E-state index is 12.5. The molecule has 0 saturated carbocycles. The molecule has 10 heteroatoms. The molecule has 162 valence electrons. The van der Waals surface area contributed by atoms with Crippen LogP contribution in [0.2, 0.25) is 0 Å². The van der Waals surface area contributed by atoms with Crippen LogP contribution in [-0.2, 0) is 9.59 Å². The van der Waals surface area contributed by atoms with Crippen LogP contribution in [0.15, 0.2) is 42.7 Å². The normalized spacial score (nSPS) is 14.0. The number of nitro groups is 1. The molecule has 1 fully saturated rings. The molecule has 2 aromatic rings. The molecule has 3 amide bonds.